The van der Waals surface area contributed by atoms with Crippen molar-refractivity contribution < 1.29 is 13.2 Å². The molecule has 0 amide bonds. The molecular formula is C21H25NO3S. The van der Waals surface area contributed by atoms with E-state index in [9.17, 15) is 13.2 Å². The molecule has 0 bridgehead atoms. The van der Waals surface area contributed by atoms with Crippen LogP contribution in [-0.4, -0.2) is 31.6 Å². The lowest BCUT2D eigenvalue weighted by atomic mass is 9.79. The summed E-state index contributed by atoms with van der Waals surface area (Å²) < 4.78 is 27.5. The molecule has 26 heavy (non-hydrogen) atoms. The van der Waals surface area contributed by atoms with Crippen molar-refractivity contribution in [1.29, 1.82) is 0 Å². The summed E-state index contributed by atoms with van der Waals surface area (Å²) in [6.45, 7) is 2.55. The molecule has 0 spiro atoms. The smallest absolute Gasteiger partial charge is 0.243 e. The Morgan fingerprint density at radius 1 is 1.00 bits per heavy atom. The molecule has 0 aliphatic carbocycles. The number of carbonyl (C=O) groups excluding carboxylic acids is 1. The number of ketones is 1. The second kappa shape index (κ2) is 8.14. The molecule has 2 aromatic rings. The highest BCUT2D eigenvalue weighted by molar-refractivity contribution is 7.89. The van der Waals surface area contributed by atoms with Gasteiger partial charge in [-0.2, -0.15) is 4.31 Å². The van der Waals surface area contributed by atoms with Crippen molar-refractivity contribution in [1.82, 2.24) is 4.31 Å². The molecule has 5 heteroatoms. The van der Waals surface area contributed by atoms with Gasteiger partial charge in [-0.3, -0.25) is 0 Å². The van der Waals surface area contributed by atoms with Crippen LogP contribution in [0.15, 0.2) is 65.6 Å². The summed E-state index contributed by atoms with van der Waals surface area (Å²) in [4.78, 5) is 12.0. The van der Waals surface area contributed by atoms with Crippen molar-refractivity contribution >= 4 is 15.8 Å². The lowest BCUT2D eigenvalue weighted by Gasteiger charge is -2.38. The predicted octanol–water partition coefficient (Wildman–Crippen LogP) is 3.54. The molecule has 1 aliphatic heterocycles. The fourth-order valence-electron chi connectivity index (χ4n) is 3.79. The first-order valence-corrected chi connectivity index (χ1v) is 10.5. The zero-order valence-corrected chi connectivity index (χ0v) is 15.9. The molecule has 4 nitrogen and oxygen atoms in total. The van der Waals surface area contributed by atoms with Crippen LogP contribution in [0.2, 0.25) is 0 Å². The zero-order valence-electron chi connectivity index (χ0n) is 15.0. The van der Waals surface area contributed by atoms with Gasteiger partial charge in [0.05, 0.1) is 4.90 Å². The fraction of sp³-hybridized carbons (Fsp3) is 0.381. The third-order valence-electron chi connectivity index (χ3n) is 5.13. The first kappa shape index (κ1) is 18.8. The van der Waals surface area contributed by atoms with E-state index in [1.807, 2.05) is 24.3 Å². The van der Waals surface area contributed by atoms with Gasteiger partial charge in [-0.25, -0.2) is 8.42 Å². The average molecular weight is 372 g/mol. The second-order valence-electron chi connectivity index (χ2n) is 7.08. The van der Waals surface area contributed by atoms with Gasteiger partial charge < -0.3 is 4.79 Å². The number of carbonyl (C=O) groups is 1. The van der Waals surface area contributed by atoms with Gasteiger partial charge in [-0.05, 0) is 49.3 Å². The maximum Gasteiger partial charge on any atom is 0.243 e. The number of hydrogen-bond donors (Lipinski definition) is 0. The number of piperidine rings is 1. The quantitative estimate of drug-likeness (QED) is 0.780. The second-order valence-corrected chi connectivity index (χ2v) is 9.02. The van der Waals surface area contributed by atoms with Gasteiger partial charge in [0.25, 0.3) is 0 Å². The van der Waals surface area contributed by atoms with Crippen molar-refractivity contribution in [2.24, 2.45) is 11.8 Å². The Bertz CT molecular complexity index is 834. The summed E-state index contributed by atoms with van der Waals surface area (Å²) in [5, 5.41) is 0. The van der Waals surface area contributed by atoms with E-state index in [2.05, 4.69) is 12.1 Å². The lowest BCUT2D eigenvalue weighted by Crippen LogP contribution is -2.44. The van der Waals surface area contributed by atoms with Crippen LogP contribution in [0.4, 0.5) is 0 Å². The Labute approximate surface area is 155 Å². The summed E-state index contributed by atoms with van der Waals surface area (Å²) in [6, 6.07) is 18.7. The minimum Gasteiger partial charge on any atom is -0.300 e. The molecule has 0 N–H and O–H groups in total. The van der Waals surface area contributed by atoms with Crippen LogP contribution in [0.25, 0.3) is 0 Å². The van der Waals surface area contributed by atoms with E-state index in [0.29, 0.717) is 24.4 Å². The molecule has 1 saturated heterocycles. The lowest BCUT2D eigenvalue weighted by molar-refractivity contribution is -0.118. The monoisotopic (exact) mass is 371 g/mol. The largest absolute Gasteiger partial charge is 0.300 e. The topological polar surface area (TPSA) is 54.5 Å². The predicted molar refractivity (Wildman–Crippen MR) is 102 cm³/mol. The first-order chi connectivity index (χ1) is 12.5. The maximum absolute atomic E-state index is 13.0. The van der Waals surface area contributed by atoms with Crippen molar-refractivity contribution in [2.75, 3.05) is 13.1 Å². The Balaban J connectivity index is 1.82. The van der Waals surface area contributed by atoms with E-state index in [1.165, 1.54) is 5.56 Å². The van der Waals surface area contributed by atoms with Crippen molar-refractivity contribution in [3.05, 3.63) is 66.2 Å². The highest BCUT2D eigenvalue weighted by atomic mass is 32.2. The summed E-state index contributed by atoms with van der Waals surface area (Å²) in [7, 11) is -3.49. The number of hydrogen-bond acceptors (Lipinski definition) is 3. The number of sulfonamides is 1. The Kier molecular flexibility index (Phi) is 5.89. The van der Waals surface area contributed by atoms with Crippen LogP contribution in [0.5, 0.6) is 0 Å². The molecule has 2 aromatic carbocycles. The van der Waals surface area contributed by atoms with Crippen LogP contribution in [0, 0.1) is 11.8 Å². The molecule has 138 valence electrons. The summed E-state index contributed by atoms with van der Waals surface area (Å²) in [5.41, 5.74) is 1.19. The Hall–Kier alpha value is -1.98. The summed E-state index contributed by atoms with van der Waals surface area (Å²) in [5.74, 6) is 0.552. The van der Waals surface area contributed by atoms with Crippen LogP contribution in [-0.2, 0) is 21.2 Å². The van der Waals surface area contributed by atoms with Crippen LogP contribution >= 0.6 is 0 Å². The van der Waals surface area contributed by atoms with E-state index in [4.69, 9.17) is 0 Å². The molecule has 2 unspecified atom stereocenters. The van der Waals surface area contributed by atoms with E-state index in [-0.39, 0.29) is 17.6 Å². The minimum absolute atomic E-state index is 0.147. The van der Waals surface area contributed by atoms with Crippen molar-refractivity contribution in [3.63, 3.8) is 0 Å². The molecular weight excluding hydrogens is 346 g/mol. The third-order valence-corrected chi connectivity index (χ3v) is 7.00. The fourth-order valence-corrected chi connectivity index (χ4v) is 5.33. The average Bonchev–Trinajstić information content (AvgIpc) is 2.64. The molecule has 0 aromatic heterocycles. The third kappa shape index (κ3) is 4.40. The van der Waals surface area contributed by atoms with E-state index in [0.717, 1.165) is 12.8 Å². The van der Waals surface area contributed by atoms with E-state index in [1.54, 1.807) is 35.5 Å². The number of nitrogens with zero attached hydrogens (tertiary/aromatic N) is 1. The van der Waals surface area contributed by atoms with Crippen molar-refractivity contribution in [3.8, 4) is 0 Å². The maximum atomic E-state index is 13.0. The van der Waals surface area contributed by atoms with Crippen LogP contribution < -0.4 is 0 Å². The van der Waals surface area contributed by atoms with Gasteiger partial charge in [0.1, 0.15) is 5.78 Å². The molecule has 1 aliphatic rings. The summed E-state index contributed by atoms with van der Waals surface area (Å²) in [6.07, 6.45) is 2.04. The molecule has 0 radical (unpaired) electrons. The van der Waals surface area contributed by atoms with Gasteiger partial charge >= 0.3 is 0 Å². The van der Waals surface area contributed by atoms with E-state index < -0.39 is 10.0 Å². The standard InChI is InChI=1S/C21H25NO3S/c1-17(23)14-19-12-13-22(26(24,25)21-10-6-3-7-11-21)16-20(19)15-18-8-4-2-5-9-18/h2-11,19-20H,12-16H2,1H3. The molecule has 3 rings (SSSR count). The van der Waals surface area contributed by atoms with Gasteiger partial charge in [0.2, 0.25) is 10.0 Å². The Morgan fingerprint density at radius 2 is 1.62 bits per heavy atom. The molecule has 0 saturated carbocycles. The Morgan fingerprint density at radius 3 is 2.23 bits per heavy atom. The number of rotatable bonds is 6. The normalized spacial score (nSPS) is 21.4. The number of Topliss-reactive ketones (excluding diaryl/α,β-unsaturated/α-hetero) is 1. The zero-order chi connectivity index (χ0) is 18.6. The van der Waals surface area contributed by atoms with Gasteiger partial charge in [0, 0.05) is 19.5 Å². The highest BCUT2D eigenvalue weighted by Crippen LogP contribution is 2.32. The van der Waals surface area contributed by atoms with E-state index >= 15 is 0 Å². The van der Waals surface area contributed by atoms with Crippen LogP contribution in [0.3, 0.4) is 0 Å². The molecule has 1 fully saturated rings. The van der Waals surface area contributed by atoms with Gasteiger partial charge in [-0.15, -0.1) is 0 Å². The SMILES string of the molecule is CC(=O)CC1CCN(S(=O)(=O)c2ccccc2)CC1Cc1ccccc1. The van der Waals surface area contributed by atoms with Crippen molar-refractivity contribution in [2.45, 2.75) is 31.1 Å². The summed E-state index contributed by atoms with van der Waals surface area (Å²) >= 11 is 0. The van der Waals surface area contributed by atoms with Gasteiger partial charge in [-0.1, -0.05) is 48.5 Å². The first-order valence-electron chi connectivity index (χ1n) is 9.05. The number of benzene rings is 2. The molecule has 1 heterocycles. The highest BCUT2D eigenvalue weighted by Gasteiger charge is 2.35. The molecule has 2 atom stereocenters. The van der Waals surface area contributed by atoms with Crippen LogP contribution in [0.1, 0.15) is 25.3 Å². The van der Waals surface area contributed by atoms with Gasteiger partial charge in [0.15, 0.2) is 0 Å². The minimum atomic E-state index is -3.49.